The zero-order chi connectivity index (χ0) is 10.4. The lowest BCUT2D eigenvalue weighted by Gasteiger charge is -2.09. The van der Waals surface area contributed by atoms with Gasteiger partial charge < -0.3 is 10.5 Å². The van der Waals surface area contributed by atoms with E-state index in [4.69, 9.17) is 10.5 Å². The smallest absolute Gasteiger partial charge is 0.313 e. The standard InChI is InChI=1S/C8H13NO4/c1-5(10)3-8(12)13-6(2)4-7(9)11/h6H,3-4H2,1-2H3,(H2,9,11). The molecule has 0 radical (unpaired) electrons. The van der Waals surface area contributed by atoms with Gasteiger partial charge in [0.25, 0.3) is 0 Å². The number of carbonyl (C=O) groups excluding carboxylic acids is 3. The molecule has 13 heavy (non-hydrogen) atoms. The lowest BCUT2D eigenvalue weighted by Crippen LogP contribution is -2.23. The zero-order valence-electron chi connectivity index (χ0n) is 7.70. The van der Waals surface area contributed by atoms with Crippen LogP contribution in [0.4, 0.5) is 0 Å². The number of hydrogen-bond acceptors (Lipinski definition) is 4. The number of nitrogens with two attached hydrogens (primary N) is 1. The molecule has 1 atom stereocenters. The van der Waals surface area contributed by atoms with Crippen molar-refractivity contribution in [3.05, 3.63) is 0 Å². The van der Waals surface area contributed by atoms with Gasteiger partial charge in [0.05, 0.1) is 6.42 Å². The highest BCUT2D eigenvalue weighted by atomic mass is 16.5. The van der Waals surface area contributed by atoms with Crippen molar-refractivity contribution in [1.82, 2.24) is 0 Å². The van der Waals surface area contributed by atoms with Crippen LogP contribution in [-0.4, -0.2) is 23.8 Å². The van der Waals surface area contributed by atoms with Crippen molar-refractivity contribution in [1.29, 1.82) is 0 Å². The second kappa shape index (κ2) is 5.29. The maximum atomic E-state index is 10.9. The molecule has 5 heteroatoms. The molecular weight excluding hydrogens is 174 g/mol. The predicted octanol–water partition coefficient (Wildman–Crippen LogP) is -0.227. The van der Waals surface area contributed by atoms with E-state index < -0.39 is 18.0 Å². The maximum absolute atomic E-state index is 10.9. The van der Waals surface area contributed by atoms with Crippen LogP contribution >= 0.6 is 0 Å². The lowest BCUT2D eigenvalue weighted by atomic mass is 10.2. The van der Waals surface area contributed by atoms with Crippen molar-refractivity contribution in [2.24, 2.45) is 5.73 Å². The number of rotatable bonds is 5. The summed E-state index contributed by atoms with van der Waals surface area (Å²) in [5.74, 6) is -1.43. The van der Waals surface area contributed by atoms with E-state index in [1.165, 1.54) is 6.92 Å². The quantitative estimate of drug-likeness (QED) is 0.476. The number of amides is 1. The highest BCUT2D eigenvalue weighted by molar-refractivity contribution is 5.94. The van der Waals surface area contributed by atoms with Gasteiger partial charge in [0.1, 0.15) is 18.3 Å². The molecule has 74 valence electrons. The first kappa shape index (κ1) is 11.6. The van der Waals surface area contributed by atoms with Crippen LogP contribution in [0.5, 0.6) is 0 Å². The van der Waals surface area contributed by atoms with Crippen LogP contribution in [0.15, 0.2) is 0 Å². The summed E-state index contributed by atoms with van der Waals surface area (Å²) in [4.78, 5) is 31.7. The van der Waals surface area contributed by atoms with Gasteiger partial charge in [-0.05, 0) is 13.8 Å². The Morgan fingerprint density at radius 1 is 1.38 bits per heavy atom. The molecule has 0 saturated heterocycles. The van der Waals surface area contributed by atoms with Gasteiger partial charge >= 0.3 is 5.97 Å². The van der Waals surface area contributed by atoms with Crippen LogP contribution in [0.2, 0.25) is 0 Å². The topological polar surface area (TPSA) is 86.5 Å². The highest BCUT2D eigenvalue weighted by Gasteiger charge is 2.13. The highest BCUT2D eigenvalue weighted by Crippen LogP contribution is 1.99. The third kappa shape index (κ3) is 6.99. The van der Waals surface area contributed by atoms with Gasteiger partial charge in [0.2, 0.25) is 5.91 Å². The van der Waals surface area contributed by atoms with E-state index in [-0.39, 0.29) is 18.6 Å². The van der Waals surface area contributed by atoms with Crippen LogP contribution in [0, 0.1) is 0 Å². The van der Waals surface area contributed by atoms with E-state index >= 15 is 0 Å². The van der Waals surface area contributed by atoms with E-state index in [9.17, 15) is 14.4 Å². The Kier molecular flexibility index (Phi) is 4.72. The fourth-order valence-electron chi connectivity index (χ4n) is 0.794. The first-order chi connectivity index (χ1) is 5.91. The molecule has 0 aromatic heterocycles. The van der Waals surface area contributed by atoms with Crippen molar-refractivity contribution in [2.45, 2.75) is 32.8 Å². The number of Topliss-reactive ketones (excluding diaryl/α,β-unsaturated/α-hetero) is 1. The SMILES string of the molecule is CC(=O)CC(=O)OC(C)CC(N)=O. The summed E-state index contributed by atoms with van der Waals surface area (Å²) in [5.41, 5.74) is 4.87. The molecule has 0 heterocycles. The molecule has 0 bridgehead atoms. The van der Waals surface area contributed by atoms with Crippen LogP contribution in [0.1, 0.15) is 26.7 Å². The fourth-order valence-corrected chi connectivity index (χ4v) is 0.794. The number of hydrogen-bond donors (Lipinski definition) is 1. The lowest BCUT2D eigenvalue weighted by molar-refractivity contribution is -0.150. The van der Waals surface area contributed by atoms with Crippen LogP contribution < -0.4 is 5.73 Å². The molecule has 0 rings (SSSR count). The van der Waals surface area contributed by atoms with Crippen LogP contribution in [-0.2, 0) is 19.1 Å². The molecule has 0 saturated carbocycles. The van der Waals surface area contributed by atoms with Gasteiger partial charge in [-0.15, -0.1) is 0 Å². The number of ketones is 1. The predicted molar refractivity (Wildman–Crippen MR) is 44.7 cm³/mol. The first-order valence-electron chi connectivity index (χ1n) is 3.89. The van der Waals surface area contributed by atoms with Crippen molar-refractivity contribution in [2.75, 3.05) is 0 Å². The Morgan fingerprint density at radius 2 is 1.92 bits per heavy atom. The van der Waals surface area contributed by atoms with Gasteiger partial charge in [-0.3, -0.25) is 14.4 Å². The van der Waals surface area contributed by atoms with Crippen molar-refractivity contribution in [3.8, 4) is 0 Å². The molecule has 0 aromatic rings. The molecule has 1 amide bonds. The summed E-state index contributed by atoms with van der Waals surface area (Å²) in [6.07, 6.45) is -0.850. The molecule has 2 N–H and O–H groups in total. The summed E-state index contributed by atoms with van der Waals surface area (Å²) < 4.78 is 4.71. The summed E-state index contributed by atoms with van der Waals surface area (Å²) in [7, 11) is 0. The van der Waals surface area contributed by atoms with Crippen molar-refractivity contribution >= 4 is 17.7 Å². The summed E-state index contributed by atoms with van der Waals surface area (Å²) in [6, 6.07) is 0. The minimum Gasteiger partial charge on any atom is -0.462 e. The van der Waals surface area contributed by atoms with E-state index in [0.29, 0.717) is 0 Å². The number of primary amides is 1. The van der Waals surface area contributed by atoms with Gasteiger partial charge in [0, 0.05) is 0 Å². The van der Waals surface area contributed by atoms with Gasteiger partial charge in [-0.1, -0.05) is 0 Å². The molecule has 0 aliphatic rings. The molecule has 0 aliphatic heterocycles. The molecule has 0 aromatic carbocycles. The Morgan fingerprint density at radius 3 is 2.31 bits per heavy atom. The minimum absolute atomic E-state index is 0.0242. The molecule has 0 fully saturated rings. The Bertz CT molecular complexity index is 224. The average Bonchev–Trinajstić information content (AvgIpc) is 1.80. The van der Waals surface area contributed by atoms with E-state index in [0.717, 1.165) is 0 Å². The molecule has 1 unspecified atom stereocenters. The van der Waals surface area contributed by atoms with Gasteiger partial charge in [-0.2, -0.15) is 0 Å². The second-order valence-corrected chi connectivity index (χ2v) is 2.85. The second-order valence-electron chi connectivity index (χ2n) is 2.85. The Balaban J connectivity index is 3.78. The van der Waals surface area contributed by atoms with Crippen molar-refractivity contribution in [3.63, 3.8) is 0 Å². The molecule has 5 nitrogen and oxygen atoms in total. The zero-order valence-corrected chi connectivity index (χ0v) is 7.70. The molecule has 0 aliphatic carbocycles. The fraction of sp³-hybridized carbons (Fsp3) is 0.625. The Labute approximate surface area is 76.2 Å². The van der Waals surface area contributed by atoms with Crippen LogP contribution in [0.25, 0.3) is 0 Å². The summed E-state index contributed by atoms with van der Waals surface area (Å²) in [6.45, 7) is 2.84. The van der Waals surface area contributed by atoms with Gasteiger partial charge in [0.15, 0.2) is 0 Å². The van der Waals surface area contributed by atoms with E-state index in [2.05, 4.69) is 0 Å². The number of esters is 1. The summed E-state index contributed by atoms with van der Waals surface area (Å²) >= 11 is 0. The monoisotopic (exact) mass is 187 g/mol. The Hall–Kier alpha value is -1.39. The minimum atomic E-state index is -0.624. The normalized spacial score (nSPS) is 11.8. The van der Waals surface area contributed by atoms with E-state index in [1.807, 2.05) is 0 Å². The molecule has 0 spiro atoms. The van der Waals surface area contributed by atoms with Crippen molar-refractivity contribution < 1.29 is 19.1 Å². The average molecular weight is 187 g/mol. The first-order valence-corrected chi connectivity index (χ1v) is 3.89. The third-order valence-corrected chi connectivity index (χ3v) is 1.21. The van der Waals surface area contributed by atoms with Gasteiger partial charge in [-0.25, -0.2) is 0 Å². The third-order valence-electron chi connectivity index (χ3n) is 1.21. The maximum Gasteiger partial charge on any atom is 0.313 e. The van der Waals surface area contributed by atoms with E-state index in [1.54, 1.807) is 6.92 Å². The molecular formula is C8H13NO4. The summed E-state index contributed by atoms with van der Waals surface area (Å²) in [5, 5.41) is 0. The number of ether oxygens (including phenoxy) is 1. The van der Waals surface area contributed by atoms with Crippen LogP contribution in [0.3, 0.4) is 0 Å². The number of carbonyl (C=O) groups is 3. The largest absolute Gasteiger partial charge is 0.462 e.